The second kappa shape index (κ2) is 10.8. The number of hydrogen-bond acceptors (Lipinski definition) is 9. The van der Waals surface area contributed by atoms with Crippen LogP contribution >= 0.6 is 23.1 Å². The predicted molar refractivity (Wildman–Crippen MR) is 162 cm³/mol. The van der Waals surface area contributed by atoms with E-state index >= 15 is 0 Å². The summed E-state index contributed by atoms with van der Waals surface area (Å²) in [5.74, 6) is -2.80. The molecule has 43 heavy (non-hydrogen) atoms. The zero-order chi connectivity index (χ0) is 30.6. The van der Waals surface area contributed by atoms with Crippen LogP contribution in [0.4, 0.5) is 11.4 Å². The van der Waals surface area contributed by atoms with E-state index in [9.17, 15) is 32.7 Å². The number of nitrogens with zero attached hydrogens (tertiary/aromatic N) is 2. The number of thioether (sulfide) groups is 1. The Kier molecular flexibility index (Phi) is 7.24. The number of amides is 3. The molecule has 0 radical (unpaired) electrons. The standard InChI is InChI=1S/C29H24N4O7S3/c1-15-2-8-18(9-3-15)33-26(36)23-22(16-4-10-19(34)11-5-16)25-28(41-24(23)27(33)37)32(29(38)42-25)14-21(35)31-17-6-12-20(13-7-17)43(30,39)40/h2-13,22-24,34H,14H2,1H3,(H,31,35)(H2,30,39,40)/t22-,23?,24?/m0/s1. The molecule has 1 aromatic heterocycles. The molecule has 4 N–H and O–H groups in total. The molecule has 0 aliphatic carbocycles. The molecule has 0 saturated carbocycles. The number of thiazole rings is 1. The number of aromatic nitrogens is 1. The Bertz CT molecular complexity index is 1930. The summed E-state index contributed by atoms with van der Waals surface area (Å²) in [5.41, 5.74) is 2.37. The van der Waals surface area contributed by atoms with Gasteiger partial charge >= 0.3 is 4.87 Å². The van der Waals surface area contributed by atoms with Crippen molar-refractivity contribution in [3.8, 4) is 5.75 Å². The largest absolute Gasteiger partial charge is 0.508 e. The topological polar surface area (TPSA) is 169 Å². The number of carbonyl (C=O) groups is 3. The molecule has 3 heterocycles. The number of benzene rings is 3. The molecule has 6 rings (SSSR count). The predicted octanol–water partition coefficient (Wildman–Crippen LogP) is 3.01. The minimum Gasteiger partial charge on any atom is -0.508 e. The van der Waals surface area contributed by atoms with Crippen LogP contribution in [0.5, 0.6) is 5.75 Å². The number of phenolic OH excluding ortho intramolecular Hbond substituents is 1. The average Bonchev–Trinajstić information content (AvgIpc) is 3.40. The number of primary sulfonamides is 1. The van der Waals surface area contributed by atoms with E-state index in [1.807, 2.05) is 19.1 Å². The first-order valence-corrected chi connectivity index (χ1v) is 16.2. The Labute approximate surface area is 254 Å². The van der Waals surface area contributed by atoms with Crippen LogP contribution in [0.25, 0.3) is 0 Å². The fraction of sp³-hybridized carbons (Fsp3) is 0.172. The van der Waals surface area contributed by atoms with Gasteiger partial charge in [0.15, 0.2) is 0 Å². The van der Waals surface area contributed by atoms with E-state index in [2.05, 4.69) is 5.32 Å². The summed E-state index contributed by atoms with van der Waals surface area (Å²) in [7, 11) is -3.90. The maximum absolute atomic E-state index is 13.9. The van der Waals surface area contributed by atoms with Gasteiger partial charge in [0.25, 0.3) is 0 Å². The number of nitrogens with two attached hydrogens (primary N) is 1. The van der Waals surface area contributed by atoms with E-state index in [1.165, 1.54) is 45.9 Å². The van der Waals surface area contributed by atoms with Gasteiger partial charge in [0.1, 0.15) is 17.5 Å². The van der Waals surface area contributed by atoms with Crippen molar-refractivity contribution in [1.29, 1.82) is 0 Å². The highest BCUT2D eigenvalue weighted by molar-refractivity contribution is 8.00. The normalized spacial score (nSPS) is 19.7. The van der Waals surface area contributed by atoms with E-state index < -0.39 is 43.8 Å². The second-order valence-electron chi connectivity index (χ2n) is 10.2. The van der Waals surface area contributed by atoms with E-state index in [1.54, 1.807) is 24.3 Å². The van der Waals surface area contributed by atoms with Gasteiger partial charge in [-0.25, -0.2) is 18.5 Å². The Balaban J connectivity index is 1.36. The first kappa shape index (κ1) is 28.9. The van der Waals surface area contributed by atoms with Crippen molar-refractivity contribution in [3.05, 3.63) is 98.5 Å². The lowest BCUT2D eigenvalue weighted by atomic mass is 9.83. The quantitative estimate of drug-likeness (QED) is 0.271. The van der Waals surface area contributed by atoms with Gasteiger partial charge in [-0.3, -0.25) is 23.7 Å². The third-order valence-corrected chi connectivity index (χ3v) is 10.9. The molecule has 4 aromatic rings. The lowest BCUT2D eigenvalue weighted by molar-refractivity contribution is -0.122. The van der Waals surface area contributed by atoms with E-state index in [0.717, 1.165) is 28.7 Å². The molecular weight excluding hydrogens is 613 g/mol. The summed E-state index contributed by atoms with van der Waals surface area (Å²) >= 11 is 2.00. The smallest absolute Gasteiger partial charge is 0.308 e. The minimum atomic E-state index is -3.90. The molecule has 2 unspecified atom stereocenters. The van der Waals surface area contributed by atoms with E-state index in [0.29, 0.717) is 26.8 Å². The maximum Gasteiger partial charge on any atom is 0.308 e. The van der Waals surface area contributed by atoms with Gasteiger partial charge in [0.05, 0.1) is 21.5 Å². The van der Waals surface area contributed by atoms with Crippen molar-refractivity contribution in [2.75, 3.05) is 10.2 Å². The number of aromatic hydroxyl groups is 1. The van der Waals surface area contributed by atoms with Crippen molar-refractivity contribution < 1.29 is 27.9 Å². The lowest BCUT2D eigenvalue weighted by Gasteiger charge is -2.30. The van der Waals surface area contributed by atoms with Crippen molar-refractivity contribution in [2.45, 2.75) is 34.6 Å². The van der Waals surface area contributed by atoms with Crippen LogP contribution in [0.2, 0.25) is 0 Å². The highest BCUT2D eigenvalue weighted by Gasteiger charge is 2.56. The summed E-state index contributed by atoms with van der Waals surface area (Å²) in [6.07, 6.45) is 0. The van der Waals surface area contributed by atoms with Crippen LogP contribution in [0.1, 0.15) is 21.9 Å². The molecular formula is C29H24N4O7S3. The molecule has 3 amide bonds. The summed E-state index contributed by atoms with van der Waals surface area (Å²) in [5, 5.41) is 17.2. The van der Waals surface area contributed by atoms with Gasteiger partial charge in [-0.2, -0.15) is 0 Å². The summed E-state index contributed by atoms with van der Waals surface area (Å²) in [4.78, 5) is 55.2. The summed E-state index contributed by atoms with van der Waals surface area (Å²) in [6, 6.07) is 18.6. The van der Waals surface area contributed by atoms with Gasteiger partial charge in [0, 0.05) is 16.5 Å². The number of aryl methyl sites for hydroxylation is 1. The molecule has 2 aliphatic rings. The number of imide groups is 1. The van der Waals surface area contributed by atoms with Crippen LogP contribution in [-0.2, 0) is 31.0 Å². The van der Waals surface area contributed by atoms with Crippen LogP contribution in [0.3, 0.4) is 0 Å². The number of anilines is 2. The monoisotopic (exact) mass is 636 g/mol. The number of carbonyl (C=O) groups excluding carboxylic acids is 3. The first-order chi connectivity index (χ1) is 20.4. The van der Waals surface area contributed by atoms with Crippen LogP contribution < -0.4 is 20.2 Å². The van der Waals surface area contributed by atoms with E-state index in [4.69, 9.17) is 5.14 Å². The first-order valence-electron chi connectivity index (χ1n) is 13.0. The number of phenols is 1. The number of fused-ring (bicyclic) bond motifs is 2. The van der Waals surface area contributed by atoms with E-state index in [-0.39, 0.29) is 23.1 Å². The van der Waals surface area contributed by atoms with Crippen LogP contribution in [0, 0.1) is 12.8 Å². The molecule has 3 aromatic carbocycles. The number of nitrogens with one attached hydrogen (secondary N) is 1. The van der Waals surface area contributed by atoms with Crippen LogP contribution in [0.15, 0.2) is 87.5 Å². The molecule has 14 heteroatoms. The van der Waals surface area contributed by atoms with Crippen molar-refractivity contribution in [2.24, 2.45) is 11.1 Å². The lowest BCUT2D eigenvalue weighted by Crippen LogP contribution is -2.33. The molecule has 0 bridgehead atoms. The van der Waals surface area contributed by atoms with Crippen molar-refractivity contribution in [3.63, 3.8) is 0 Å². The highest BCUT2D eigenvalue weighted by atomic mass is 32.2. The van der Waals surface area contributed by atoms with Gasteiger partial charge in [-0.15, -0.1) is 0 Å². The number of hydrogen-bond donors (Lipinski definition) is 3. The average molecular weight is 637 g/mol. The molecule has 1 saturated heterocycles. The number of sulfonamides is 1. The highest BCUT2D eigenvalue weighted by Crippen LogP contribution is 2.54. The molecule has 1 fully saturated rings. The number of rotatable bonds is 6. The van der Waals surface area contributed by atoms with Crippen LogP contribution in [-0.4, -0.2) is 41.1 Å². The molecule has 11 nitrogen and oxygen atoms in total. The van der Waals surface area contributed by atoms with Gasteiger partial charge in [0.2, 0.25) is 27.7 Å². The molecule has 0 spiro atoms. The Morgan fingerprint density at radius 2 is 1.60 bits per heavy atom. The fourth-order valence-corrected chi connectivity index (χ4v) is 8.61. The molecule has 3 atom stereocenters. The van der Waals surface area contributed by atoms with Gasteiger partial charge in [-0.1, -0.05) is 52.9 Å². The summed E-state index contributed by atoms with van der Waals surface area (Å²) < 4.78 is 24.3. The zero-order valence-electron chi connectivity index (χ0n) is 22.5. The molecule has 220 valence electrons. The summed E-state index contributed by atoms with van der Waals surface area (Å²) in [6.45, 7) is 1.53. The van der Waals surface area contributed by atoms with Gasteiger partial charge in [-0.05, 0) is 61.0 Å². The SMILES string of the molecule is Cc1ccc(N2C(=O)C3Sc4c(sc(=O)n4CC(=O)Nc4ccc(S(N)(=O)=O)cc4)[C@@H](c4ccc(O)cc4)C3C2=O)cc1. The third kappa shape index (κ3) is 5.27. The van der Waals surface area contributed by atoms with Crippen molar-refractivity contribution in [1.82, 2.24) is 4.57 Å². The second-order valence-corrected chi connectivity index (χ2v) is 13.9. The third-order valence-electron chi connectivity index (χ3n) is 7.36. The zero-order valence-corrected chi connectivity index (χ0v) is 24.9. The van der Waals surface area contributed by atoms with Gasteiger partial charge < -0.3 is 10.4 Å². The molecule has 2 aliphatic heterocycles. The fourth-order valence-electron chi connectivity index (χ4n) is 5.32. The minimum absolute atomic E-state index is 0.0281. The maximum atomic E-state index is 13.9. The Hall–Kier alpha value is -4.24. The van der Waals surface area contributed by atoms with Crippen molar-refractivity contribution >= 4 is 62.2 Å². The Morgan fingerprint density at radius 3 is 2.23 bits per heavy atom. The Morgan fingerprint density at radius 1 is 0.953 bits per heavy atom.